The van der Waals surface area contributed by atoms with E-state index in [2.05, 4.69) is 4.98 Å². The van der Waals surface area contributed by atoms with Crippen molar-refractivity contribution >= 4 is 58.0 Å². The van der Waals surface area contributed by atoms with Gasteiger partial charge >= 0.3 is 0 Å². The lowest BCUT2D eigenvalue weighted by Gasteiger charge is -2.17. The number of benzene rings is 2. The molecule has 16 heteroatoms. The van der Waals surface area contributed by atoms with Crippen molar-refractivity contribution in [1.29, 1.82) is 0 Å². The number of halogens is 7. The van der Waals surface area contributed by atoms with E-state index < -0.39 is 11.6 Å². The summed E-state index contributed by atoms with van der Waals surface area (Å²) in [6, 6.07) is 6.24. The van der Waals surface area contributed by atoms with Crippen molar-refractivity contribution in [3.05, 3.63) is 99.8 Å². The number of fused-ring (bicyclic) bond motifs is 2. The molecule has 0 saturated heterocycles. The molecule has 0 radical (unpaired) electrons. The topological polar surface area (TPSA) is 96.2 Å². The summed E-state index contributed by atoms with van der Waals surface area (Å²) in [4.78, 5) is 29.3. The summed E-state index contributed by atoms with van der Waals surface area (Å²) in [5, 5.41) is 10.2. The summed E-state index contributed by atoms with van der Waals surface area (Å²) in [6.45, 7) is 4.17. The number of phenolic OH excluding ortho intramolecular Hbond substituents is 1. The van der Waals surface area contributed by atoms with Crippen molar-refractivity contribution < 1.29 is 18.6 Å². The largest absolute Gasteiger partial charge is 0.506 e. The van der Waals surface area contributed by atoms with Gasteiger partial charge in [-0.2, -0.15) is 0 Å². The van der Waals surface area contributed by atoms with Gasteiger partial charge in [-0.05, 0) is 68.5 Å². The van der Waals surface area contributed by atoms with Gasteiger partial charge in [-0.25, -0.2) is 23.1 Å². The molecule has 2 aromatic carbocycles. The number of aromatic hydroxyl groups is 1. The molecule has 0 fully saturated rings. The number of nitrogens with zero attached hydrogens (tertiary/aromatic N) is 5. The summed E-state index contributed by atoms with van der Waals surface area (Å²) < 4.78 is 40.8. The number of ether oxygens (including phenoxy) is 1. The quantitative estimate of drug-likeness (QED) is 0.198. The first kappa shape index (κ1) is 34.4. The van der Waals surface area contributed by atoms with E-state index in [0.717, 1.165) is 49.4 Å². The van der Waals surface area contributed by atoms with Gasteiger partial charge in [0.2, 0.25) is 5.88 Å². The van der Waals surface area contributed by atoms with Crippen LogP contribution in [0.4, 0.5) is 8.78 Å². The minimum atomic E-state index is -0.685. The molecule has 0 aliphatic carbocycles. The minimum absolute atomic E-state index is 0.0204. The van der Waals surface area contributed by atoms with Crippen LogP contribution >= 0.6 is 58.0 Å². The molecule has 5 aromatic rings. The average molecular weight is 760 g/mol. The van der Waals surface area contributed by atoms with Crippen LogP contribution in [0, 0.1) is 18.6 Å². The Morgan fingerprint density at radius 3 is 1.67 bits per heavy atom. The first-order valence-corrected chi connectivity index (χ1v) is 16.7. The zero-order valence-corrected chi connectivity index (χ0v) is 29.0. The SMILES string of the molecule is Cc1cnc(Oc2cc(-c3c(Cl)n4n(c3=O)CCCC4)c(F)cc2Cl)c(Cl)c1.O=c1c(-c2cc(O)c(Cl)cc2F)c(Cl)n2n1CCCC2. The average Bonchev–Trinajstić information content (AvgIpc) is 3.46. The second-order valence-corrected chi connectivity index (χ2v) is 13.2. The molecule has 7 rings (SSSR count). The van der Waals surface area contributed by atoms with Gasteiger partial charge in [0, 0.05) is 43.5 Å². The van der Waals surface area contributed by atoms with Crippen LogP contribution in [0.15, 0.2) is 46.1 Å². The molecule has 0 amide bonds. The minimum Gasteiger partial charge on any atom is -0.506 e. The lowest BCUT2D eigenvalue weighted by atomic mass is 10.1. The number of rotatable bonds is 4. The third-order valence-corrected chi connectivity index (χ3v) is 9.71. The summed E-state index contributed by atoms with van der Waals surface area (Å²) in [5.41, 5.74) is 0.313. The summed E-state index contributed by atoms with van der Waals surface area (Å²) >= 11 is 30.6. The lowest BCUT2D eigenvalue weighted by molar-refractivity contribution is 0.356. The van der Waals surface area contributed by atoms with Gasteiger partial charge in [-0.1, -0.05) is 58.0 Å². The molecule has 1 N–H and O–H groups in total. The Labute approximate surface area is 297 Å². The third kappa shape index (κ3) is 6.34. The monoisotopic (exact) mass is 757 g/mol. The fourth-order valence-electron chi connectivity index (χ4n) is 5.73. The fourth-order valence-corrected chi connectivity index (χ4v) is 7.05. The Bertz CT molecular complexity index is 2190. The van der Waals surface area contributed by atoms with Crippen LogP contribution in [-0.2, 0) is 26.2 Å². The summed E-state index contributed by atoms with van der Waals surface area (Å²) in [6.07, 6.45) is 5.16. The lowest BCUT2D eigenvalue weighted by Crippen LogP contribution is -2.27. The van der Waals surface area contributed by atoms with Crippen LogP contribution < -0.4 is 15.9 Å². The molecule has 0 spiro atoms. The zero-order chi connectivity index (χ0) is 34.4. The van der Waals surface area contributed by atoms with E-state index in [0.29, 0.717) is 31.2 Å². The molecule has 0 unspecified atom stereocenters. The maximum absolute atomic E-state index is 14.7. The van der Waals surface area contributed by atoms with E-state index in [4.69, 9.17) is 62.7 Å². The number of pyridine rings is 1. The number of phenols is 1. The van der Waals surface area contributed by atoms with Crippen LogP contribution in [0.1, 0.15) is 31.2 Å². The molecule has 3 aromatic heterocycles. The van der Waals surface area contributed by atoms with Gasteiger partial charge in [-0.15, -0.1) is 0 Å². The Morgan fingerprint density at radius 1 is 0.688 bits per heavy atom. The second-order valence-electron chi connectivity index (χ2n) is 11.3. The van der Waals surface area contributed by atoms with Crippen molar-refractivity contribution in [2.75, 3.05) is 0 Å². The normalized spacial score (nSPS) is 13.8. The Balaban J connectivity index is 0.000000177. The molecule has 48 heavy (non-hydrogen) atoms. The first-order chi connectivity index (χ1) is 22.9. The van der Waals surface area contributed by atoms with Crippen LogP contribution in [0.3, 0.4) is 0 Å². The maximum Gasteiger partial charge on any atom is 0.276 e. The molecule has 0 saturated carbocycles. The highest BCUT2D eigenvalue weighted by Gasteiger charge is 2.27. The molecule has 0 bridgehead atoms. The maximum atomic E-state index is 14.7. The van der Waals surface area contributed by atoms with Gasteiger partial charge < -0.3 is 9.84 Å². The first-order valence-electron chi connectivity index (χ1n) is 14.8. The smallest absolute Gasteiger partial charge is 0.276 e. The van der Waals surface area contributed by atoms with Gasteiger partial charge in [0.05, 0.1) is 21.2 Å². The van der Waals surface area contributed by atoms with E-state index in [1.807, 2.05) is 6.92 Å². The summed E-state index contributed by atoms with van der Waals surface area (Å²) in [5.74, 6) is -1.38. The van der Waals surface area contributed by atoms with E-state index in [1.54, 1.807) is 21.6 Å². The third-order valence-electron chi connectivity index (χ3n) is 8.07. The van der Waals surface area contributed by atoms with E-state index in [1.165, 1.54) is 15.4 Å². The van der Waals surface area contributed by atoms with Gasteiger partial charge in [0.25, 0.3) is 11.1 Å². The van der Waals surface area contributed by atoms with Crippen molar-refractivity contribution in [1.82, 2.24) is 23.7 Å². The highest BCUT2D eigenvalue weighted by atomic mass is 35.5. The molecule has 5 heterocycles. The molecule has 0 atom stereocenters. The standard InChI is InChI=1S/C19H15Cl3FN3O2.C13H11Cl2FN2O2/c1-10-6-13(21)18(24-9-10)28-15-7-11(14(23)8-12(15)20)16-17(22)25-4-2-3-5-26(25)19(16)27;14-8-6-9(16)7(5-10(8)19)11-12(15)17-3-1-2-4-18(17)13(11)20/h6-9H,2-5H2,1H3;5-6,19H,1-4H2. The second kappa shape index (κ2) is 13.8. The van der Waals surface area contributed by atoms with Crippen LogP contribution in [0.5, 0.6) is 17.4 Å². The summed E-state index contributed by atoms with van der Waals surface area (Å²) in [7, 11) is 0. The van der Waals surface area contributed by atoms with E-state index >= 15 is 0 Å². The van der Waals surface area contributed by atoms with Crippen LogP contribution in [0.2, 0.25) is 25.4 Å². The number of aryl methyl sites for hydroxylation is 1. The Kier molecular flexibility index (Phi) is 9.88. The highest BCUT2D eigenvalue weighted by molar-refractivity contribution is 6.34. The van der Waals surface area contributed by atoms with Gasteiger partial charge in [0.15, 0.2) is 0 Å². The van der Waals surface area contributed by atoms with Crippen molar-refractivity contribution in [3.8, 4) is 39.6 Å². The Morgan fingerprint density at radius 2 is 1.17 bits per heavy atom. The van der Waals surface area contributed by atoms with Crippen LogP contribution in [-0.4, -0.2) is 28.8 Å². The van der Waals surface area contributed by atoms with Gasteiger partial charge in [0.1, 0.15) is 38.5 Å². The van der Waals surface area contributed by atoms with Crippen molar-refractivity contribution in [3.63, 3.8) is 0 Å². The van der Waals surface area contributed by atoms with Crippen molar-refractivity contribution in [2.45, 2.75) is 58.8 Å². The molecule has 9 nitrogen and oxygen atoms in total. The van der Waals surface area contributed by atoms with E-state index in [9.17, 15) is 23.5 Å². The number of hydrogen-bond acceptors (Lipinski definition) is 5. The zero-order valence-electron chi connectivity index (χ0n) is 25.2. The number of aromatic nitrogens is 5. The van der Waals surface area contributed by atoms with E-state index in [-0.39, 0.29) is 71.1 Å². The molecular formula is C32H26Cl5F2N5O4. The molecular weight excluding hydrogens is 734 g/mol. The molecule has 2 aliphatic heterocycles. The highest BCUT2D eigenvalue weighted by Crippen LogP contribution is 2.39. The van der Waals surface area contributed by atoms with Crippen molar-refractivity contribution in [2.24, 2.45) is 0 Å². The predicted molar refractivity (Wildman–Crippen MR) is 182 cm³/mol. The van der Waals surface area contributed by atoms with Crippen LogP contribution in [0.25, 0.3) is 22.3 Å². The predicted octanol–water partition coefficient (Wildman–Crippen LogP) is 8.97. The molecule has 252 valence electrons. The van der Waals surface area contributed by atoms with Gasteiger partial charge in [-0.3, -0.25) is 19.0 Å². The Hall–Kier alpha value is -3.48. The fraction of sp³-hybridized carbons (Fsp3) is 0.281. The number of hydrogen-bond donors (Lipinski definition) is 1. The molecule has 2 aliphatic rings.